The molecule has 10 heteroatoms. The molecule has 2 aliphatic rings. The molecule has 3 unspecified atom stereocenters. The minimum Gasteiger partial charge on any atom is -0.453 e. The minimum atomic E-state index is -0.492. The molecule has 2 N–H and O–H groups in total. The molecule has 4 amide bonds. The number of likely N-dealkylation sites (N-methyl/N-ethyl adjacent to an activating group) is 1. The Kier molecular flexibility index (Phi) is 13.8. The molecule has 1 saturated heterocycles. The Morgan fingerprint density at radius 3 is 2.38 bits per heavy atom. The first-order chi connectivity index (χ1) is 21.9. The van der Waals surface area contributed by atoms with Crippen LogP contribution in [0.4, 0.5) is 14.4 Å². The van der Waals surface area contributed by atoms with Crippen LogP contribution in [-0.4, -0.2) is 81.0 Å². The molecule has 3 atom stereocenters. The van der Waals surface area contributed by atoms with Crippen LogP contribution < -0.4 is 10.6 Å². The fourth-order valence-electron chi connectivity index (χ4n) is 6.50. The number of nitrogens with zero attached hydrogens (tertiary/aromatic N) is 2. The van der Waals surface area contributed by atoms with Crippen LogP contribution >= 0.6 is 0 Å². The lowest BCUT2D eigenvalue weighted by atomic mass is 9.84. The van der Waals surface area contributed by atoms with Gasteiger partial charge in [0.2, 0.25) is 0 Å². The highest BCUT2D eigenvalue weighted by Gasteiger charge is 2.32. The zero-order valence-corrected chi connectivity index (χ0v) is 26.8. The Morgan fingerprint density at radius 1 is 0.956 bits per heavy atom. The van der Waals surface area contributed by atoms with Crippen molar-refractivity contribution < 1.29 is 28.6 Å². The first-order valence-electron chi connectivity index (χ1n) is 16.4. The summed E-state index contributed by atoms with van der Waals surface area (Å²) in [5.41, 5.74) is 1.98. The highest BCUT2D eigenvalue weighted by atomic mass is 16.6. The van der Waals surface area contributed by atoms with E-state index in [-0.39, 0.29) is 30.7 Å². The molecule has 1 aliphatic heterocycles. The molecule has 2 fully saturated rings. The third-order valence-electron chi connectivity index (χ3n) is 8.84. The smallest absolute Gasteiger partial charge is 0.409 e. The summed E-state index contributed by atoms with van der Waals surface area (Å²) >= 11 is 0. The van der Waals surface area contributed by atoms with E-state index in [2.05, 4.69) is 15.4 Å². The zero-order valence-electron chi connectivity index (χ0n) is 26.8. The predicted octanol–water partition coefficient (Wildman–Crippen LogP) is 6.13. The molecule has 246 valence electrons. The lowest BCUT2D eigenvalue weighted by Gasteiger charge is -2.38. The van der Waals surface area contributed by atoms with Gasteiger partial charge in [-0.3, -0.25) is 0 Å². The number of piperidine rings is 1. The average Bonchev–Trinajstić information content (AvgIpc) is 3.08. The van der Waals surface area contributed by atoms with Crippen molar-refractivity contribution >= 4 is 18.2 Å². The van der Waals surface area contributed by atoms with E-state index in [4.69, 9.17) is 9.47 Å². The number of benzene rings is 2. The van der Waals surface area contributed by atoms with E-state index in [0.717, 1.165) is 43.2 Å². The van der Waals surface area contributed by atoms with Crippen molar-refractivity contribution in [3.8, 4) is 0 Å². The summed E-state index contributed by atoms with van der Waals surface area (Å²) in [6, 6.07) is 19.4. The van der Waals surface area contributed by atoms with E-state index in [1.165, 1.54) is 26.4 Å². The van der Waals surface area contributed by atoms with Gasteiger partial charge in [-0.2, -0.15) is 0 Å². The SMILES string of the molecule is COC(=O)NCCOC(c1ccccc1)C1CCCN(C(=O)NC(CC2CCCCC2)CN(C)C(=O)OCc2ccccc2)C1. The van der Waals surface area contributed by atoms with Crippen LogP contribution in [0.2, 0.25) is 0 Å². The largest absolute Gasteiger partial charge is 0.453 e. The molecule has 0 spiro atoms. The summed E-state index contributed by atoms with van der Waals surface area (Å²) in [6.45, 7) is 2.47. The van der Waals surface area contributed by atoms with Crippen molar-refractivity contribution in [3.05, 3.63) is 71.8 Å². The molecule has 1 aliphatic carbocycles. The van der Waals surface area contributed by atoms with Gasteiger partial charge in [-0.15, -0.1) is 0 Å². The molecule has 45 heavy (non-hydrogen) atoms. The van der Waals surface area contributed by atoms with E-state index in [9.17, 15) is 14.4 Å². The summed E-state index contributed by atoms with van der Waals surface area (Å²) < 4.78 is 16.5. The van der Waals surface area contributed by atoms with Crippen molar-refractivity contribution in [1.82, 2.24) is 20.4 Å². The quantitative estimate of drug-likeness (QED) is 0.260. The maximum absolute atomic E-state index is 13.8. The van der Waals surface area contributed by atoms with Gasteiger partial charge in [-0.05, 0) is 36.3 Å². The number of methoxy groups -OCH3 is 1. The molecule has 0 radical (unpaired) electrons. The van der Waals surface area contributed by atoms with Crippen molar-refractivity contribution in [3.63, 3.8) is 0 Å². The van der Waals surface area contributed by atoms with E-state index in [0.29, 0.717) is 38.7 Å². The number of rotatable bonds is 13. The van der Waals surface area contributed by atoms with Crippen LogP contribution in [0, 0.1) is 11.8 Å². The predicted molar refractivity (Wildman–Crippen MR) is 173 cm³/mol. The maximum atomic E-state index is 13.8. The van der Waals surface area contributed by atoms with E-state index >= 15 is 0 Å². The number of nitrogens with one attached hydrogen (secondary N) is 2. The van der Waals surface area contributed by atoms with Crippen LogP contribution in [0.25, 0.3) is 0 Å². The molecular weight excluding hydrogens is 572 g/mol. The van der Waals surface area contributed by atoms with Gasteiger partial charge in [0.15, 0.2) is 0 Å². The van der Waals surface area contributed by atoms with Gasteiger partial charge in [0.25, 0.3) is 0 Å². The summed E-state index contributed by atoms with van der Waals surface area (Å²) in [5, 5.41) is 5.97. The van der Waals surface area contributed by atoms with Gasteiger partial charge < -0.3 is 34.6 Å². The van der Waals surface area contributed by atoms with Crippen molar-refractivity contribution in [2.24, 2.45) is 11.8 Å². The van der Waals surface area contributed by atoms with Crippen LogP contribution in [0.5, 0.6) is 0 Å². The number of carbonyl (C=O) groups is 3. The van der Waals surface area contributed by atoms with Crippen molar-refractivity contribution in [2.45, 2.75) is 70.1 Å². The Morgan fingerprint density at radius 2 is 1.67 bits per heavy atom. The molecule has 0 aromatic heterocycles. The Bertz CT molecular complexity index is 1180. The summed E-state index contributed by atoms with van der Waals surface area (Å²) in [7, 11) is 3.07. The van der Waals surface area contributed by atoms with Crippen molar-refractivity contribution in [2.75, 3.05) is 46.9 Å². The van der Waals surface area contributed by atoms with E-state index in [1.54, 1.807) is 11.9 Å². The number of hydrogen-bond acceptors (Lipinski definition) is 6. The summed E-state index contributed by atoms with van der Waals surface area (Å²) in [5.74, 6) is 0.624. The highest BCUT2D eigenvalue weighted by Crippen LogP contribution is 2.33. The van der Waals surface area contributed by atoms with Crippen LogP contribution in [0.1, 0.15) is 68.6 Å². The second kappa shape index (κ2) is 18.2. The third kappa shape index (κ3) is 11.3. The summed E-state index contributed by atoms with van der Waals surface area (Å²) in [6.07, 6.45) is 7.51. The number of carbonyl (C=O) groups excluding carboxylic acids is 3. The Hall–Kier alpha value is -3.79. The molecule has 4 rings (SSSR count). The van der Waals surface area contributed by atoms with Crippen molar-refractivity contribution in [1.29, 1.82) is 0 Å². The first kappa shape index (κ1) is 34.1. The molecule has 1 heterocycles. The fraction of sp³-hybridized carbons (Fsp3) is 0.571. The maximum Gasteiger partial charge on any atom is 0.409 e. The number of amides is 4. The van der Waals surface area contributed by atoms with Gasteiger partial charge in [-0.25, -0.2) is 14.4 Å². The molecule has 1 saturated carbocycles. The van der Waals surface area contributed by atoms with Gasteiger partial charge in [0, 0.05) is 45.2 Å². The van der Waals surface area contributed by atoms with Crippen LogP contribution in [0.15, 0.2) is 60.7 Å². The highest BCUT2D eigenvalue weighted by molar-refractivity contribution is 5.75. The second-order valence-electron chi connectivity index (χ2n) is 12.3. The zero-order chi connectivity index (χ0) is 31.9. The second-order valence-corrected chi connectivity index (χ2v) is 12.3. The minimum absolute atomic E-state index is 0.0949. The van der Waals surface area contributed by atoms with Gasteiger partial charge >= 0.3 is 18.2 Å². The lowest BCUT2D eigenvalue weighted by molar-refractivity contribution is -0.00871. The monoisotopic (exact) mass is 622 g/mol. The topological polar surface area (TPSA) is 109 Å². The standard InChI is InChI=1S/C35H50N4O6/c1-38(35(42)45-26-28-15-8-4-9-16-28)25-31(23-27-13-6-3-7-14-27)37-33(40)39-21-12-19-30(24-39)32(29-17-10-5-11-18-29)44-22-20-36-34(41)43-2/h4-5,8-11,15-18,27,30-32H,3,6-7,12-14,19-26H2,1-2H3,(H,36,41)(H,37,40). The Balaban J connectivity index is 1.37. The number of urea groups is 1. The van der Waals surface area contributed by atoms with E-state index < -0.39 is 12.2 Å². The number of hydrogen-bond donors (Lipinski definition) is 2. The molecule has 2 aromatic carbocycles. The lowest BCUT2D eigenvalue weighted by Crippen LogP contribution is -2.52. The molecule has 2 aromatic rings. The van der Waals surface area contributed by atoms with Gasteiger partial charge in [0.1, 0.15) is 6.61 Å². The summed E-state index contributed by atoms with van der Waals surface area (Å²) in [4.78, 5) is 41.6. The number of alkyl carbamates (subject to hydrolysis) is 1. The molecule has 0 bridgehead atoms. The number of ether oxygens (including phenoxy) is 3. The van der Waals surface area contributed by atoms with Gasteiger partial charge in [-0.1, -0.05) is 92.8 Å². The molecular formula is C35H50N4O6. The normalized spacial score (nSPS) is 18.4. The fourth-order valence-corrected chi connectivity index (χ4v) is 6.50. The van der Waals surface area contributed by atoms with E-state index in [1.807, 2.05) is 65.6 Å². The Labute approximate surface area is 267 Å². The van der Waals surface area contributed by atoms with Crippen LogP contribution in [-0.2, 0) is 20.8 Å². The molecule has 10 nitrogen and oxygen atoms in total. The third-order valence-corrected chi connectivity index (χ3v) is 8.84. The average molecular weight is 623 g/mol. The van der Waals surface area contributed by atoms with Crippen LogP contribution in [0.3, 0.4) is 0 Å². The van der Waals surface area contributed by atoms with Gasteiger partial charge in [0.05, 0.1) is 19.8 Å². The first-order valence-corrected chi connectivity index (χ1v) is 16.4. The number of likely N-dealkylation sites (tertiary alicyclic amines) is 1.